The van der Waals surface area contributed by atoms with Crippen LogP contribution in [-0.2, 0) is 19.7 Å². The smallest absolute Gasteiger partial charge is 0.321 e. The fourth-order valence-corrected chi connectivity index (χ4v) is 6.34. The van der Waals surface area contributed by atoms with Gasteiger partial charge in [-0.25, -0.2) is 0 Å². The highest BCUT2D eigenvalue weighted by molar-refractivity contribution is 5.88. The van der Waals surface area contributed by atoms with Crippen LogP contribution in [0.3, 0.4) is 0 Å². The molecule has 6 heteroatoms. The monoisotopic (exact) mass is 562 g/mol. The fourth-order valence-electron chi connectivity index (χ4n) is 6.34. The first-order valence-corrected chi connectivity index (χ1v) is 14.7. The van der Waals surface area contributed by atoms with Crippen molar-refractivity contribution in [1.29, 1.82) is 0 Å². The largest absolute Gasteiger partial charge is 0.497 e. The highest BCUT2D eigenvalue weighted by atomic mass is 16.6. The molecule has 1 heterocycles. The van der Waals surface area contributed by atoms with Crippen LogP contribution in [0.5, 0.6) is 5.75 Å². The molecule has 0 N–H and O–H groups in total. The lowest BCUT2D eigenvalue weighted by Gasteiger charge is -2.42. The van der Waals surface area contributed by atoms with E-state index in [1.54, 1.807) is 14.2 Å². The molecule has 0 aromatic heterocycles. The number of carbonyl (C=O) groups excluding carboxylic acids is 1. The number of hydrogen-bond acceptors (Lipinski definition) is 6. The van der Waals surface area contributed by atoms with E-state index in [2.05, 4.69) is 70.5 Å². The predicted molar refractivity (Wildman–Crippen MR) is 163 cm³/mol. The Morgan fingerprint density at radius 2 is 1.19 bits per heavy atom. The van der Waals surface area contributed by atoms with Crippen molar-refractivity contribution in [2.45, 2.75) is 30.2 Å². The molecule has 0 spiro atoms. The zero-order valence-electron chi connectivity index (χ0n) is 24.3. The van der Waals surface area contributed by atoms with E-state index >= 15 is 0 Å². The van der Waals surface area contributed by atoms with E-state index in [4.69, 9.17) is 14.2 Å². The maximum absolute atomic E-state index is 14.0. The van der Waals surface area contributed by atoms with E-state index in [1.165, 1.54) is 11.1 Å². The summed E-state index contributed by atoms with van der Waals surface area (Å²) >= 11 is 0. The molecule has 4 aromatic carbocycles. The summed E-state index contributed by atoms with van der Waals surface area (Å²) < 4.78 is 17.5. The second kappa shape index (κ2) is 12.5. The maximum atomic E-state index is 14.0. The molecule has 0 radical (unpaired) electrons. The zero-order valence-corrected chi connectivity index (χ0v) is 24.3. The lowest BCUT2D eigenvalue weighted by Crippen LogP contribution is -2.50. The highest BCUT2D eigenvalue weighted by Crippen LogP contribution is 2.52. The normalized spacial score (nSPS) is 21.5. The molecule has 216 valence electrons. The highest BCUT2D eigenvalue weighted by Gasteiger charge is 2.64. The van der Waals surface area contributed by atoms with Gasteiger partial charge in [0.05, 0.1) is 19.3 Å². The summed E-state index contributed by atoms with van der Waals surface area (Å²) in [4.78, 5) is 18.9. The van der Waals surface area contributed by atoms with Crippen LogP contribution in [0.1, 0.15) is 40.9 Å². The van der Waals surface area contributed by atoms with Crippen molar-refractivity contribution in [3.8, 4) is 5.75 Å². The average molecular weight is 563 g/mol. The van der Waals surface area contributed by atoms with E-state index < -0.39 is 11.6 Å². The average Bonchev–Trinajstić information content (AvgIpc) is 3.82. The van der Waals surface area contributed by atoms with Crippen molar-refractivity contribution in [2.75, 3.05) is 40.4 Å². The zero-order chi connectivity index (χ0) is 28.9. The SMILES string of the molecule is COc1ccc(C2(C(=O)OC(c3ccccc3)N3CCN(C(c4ccccc4)c4ccccc4)CC3)CC2OC)cc1. The summed E-state index contributed by atoms with van der Waals surface area (Å²) in [6, 6.07) is 39.3. The lowest BCUT2D eigenvalue weighted by molar-refractivity contribution is -0.167. The third-order valence-electron chi connectivity index (χ3n) is 8.73. The molecule has 1 saturated carbocycles. The van der Waals surface area contributed by atoms with Crippen LogP contribution in [0.4, 0.5) is 0 Å². The van der Waals surface area contributed by atoms with Crippen molar-refractivity contribution in [2.24, 2.45) is 0 Å². The van der Waals surface area contributed by atoms with Gasteiger partial charge in [-0.1, -0.05) is 103 Å². The number of benzene rings is 4. The van der Waals surface area contributed by atoms with Crippen molar-refractivity contribution >= 4 is 5.97 Å². The third kappa shape index (κ3) is 5.58. The van der Waals surface area contributed by atoms with E-state index in [0.29, 0.717) is 6.42 Å². The first kappa shape index (κ1) is 28.2. The fraction of sp³-hybridized carbons (Fsp3) is 0.306. The second-order valence-corrected chi connectivity index (χ2v) is 11.1. The summed E-state index contributed by atoms with van der Waals surface area (Å²) in [5.74, 6) is 0.503. The molecular formula is C36H38N2O4. The van der Waals surface area contributed by atoms with Crippen LogP contribution in [0.15, 0.2) is 115 Å². The van der Waals surface area contributed by atoms with E-state index in [1.807, 2.05) is 54.6 Å². The summed E-state index contributed by atoms with van der Waals surface area (Å²) in [7, 11) is 3.30. The van der Waals surface area contributed by atoms with E-state index in [0.717, 1.165) is 43.1 Å². The molecule has 42 heavy (non-hydrogen) atoms. The molecule has 0 amide bonds. The van der Waals surface area contributed by atoms with Crippen LogP contribution >= 0.6 is 0 Å². The number of methoxy groups -OCH3 is 2. The molecule has 1 aliphatic heterocycles. The Bertz CT molecular complexity index is 1400. The van der Waals surface area contributed by atoms with Gasteiger partial charge in [-0.05, 0) is 35.2 Å². The number of piperazine rings is 1. The molecule has 2 fully saturated rings. The molecule has 0 bridgehead atoms. The van der Waals surface area contributed by atoms with Gasteiger partial charge in [-0.3, -0.25) is 14.6 Å². The van der Waals surface area contributed by atoms with E-state index in [9.17, 15) is 4.79 Å². The molecule has 1 aliphatic carbocycles. The minimum atomic E-state index is -0.818. The van der Waals surface area contributed by atoms with E-state index in [-0.39, 0.29) is 18.1 Å². The molecule has 1 saturated heterocycles. The minimum Gasteiger partial charge on any atom is -0.497 e. The number of hydrogen-bond donors (Lipinski definition) is 0. The molecule has 4 aromatic rings. The van der Waals surface area contributed by atoms with Crippen LogP contribution in [-0.4, -0.2) is 62.3 Å². The van der Waals surface area contributed by atoms with Gasteiger partial charge < -0.3 is 14.2 Å². The molecule has 6 rings (SSSR count). The maximum Gasteiger partial charge on any atom is 0.321 e. The van der Waals surface area contributed by atoms with Gasteiger partial charge in [0.15, 0.2) is 6.23 Å². The van der Waals surface area contributed by atoms with Gasteiger partial charge in [0.25, 0.3) is 0 Å². The summed E-state index contributed by atoms with van der Waals surface area (Å²) in [6.07, 6.45) is -0.107. The molecule has 3 unspecified atom stereocenters. The number of carbonyl (C=O) groups is 1. The van der Waals surface area contributed by atoms with Crippen LogP contribution < -0.4 is 4.74 Å². The number of ether oxygens (including phenoxy) is 3. The van der Waals surface area contributed by atoms with Crippen molar-refractivity contribution in [3.63, 3.8) is 0 Å². The van der Waals surface area contributed by atoms with Crippen LogP contribution in [0, 0.1) is 0 Å². The standard InChI is InChI=1S/C36H38N2O4/c1-40-31-20-18-30(19-21-31)36(26-32(36)41-2)35(39)42-34(29-16-10-5-11-17-29)38-24-22-37(23-25-38)33(27-12-6-3-7-13-27)28-14-8-4-9-15-28/h3-21,32-34H,22-26H2,1-2H3. The van der Waals surface area contributed by atoms with Gasteiger partial charge in [-0.2, -0.15) is 0 Å². The Morgan fingerprint density at radius 3 is 1.67 bits per heavy atom. The lowest BCUT2D eigenvalue weighted by atomic mass is 9.95. The van der Waals surface area contributed by atoms with Crippen molar-refractivity contribution < 1.29 is 19.0 Å². The Balaban J connectivity index is 1.23. The summed E-state index contributed by atoms with van der Waals surface area (Å²) in [5, 5.41) is 0. The first-order chi connectivity index (χ1) is 20.6. The van der Waals surface area contributed by atoms with Gasteiger partial charge in [-0.15, -0.1) is 0 Å². The molecule has 2 aliphatic rings. The van der Waals surface area contributed by atoms with Gasteiger partial charge in [0.1, 0.15) is 11.2 Å². The second-order valence-electron chi connectivity index (χ2n) is 11.1. The number of nitrogens with zero attached hydrogens (tertiary/aromatic N) is 2. The Hall–Kier alpha value is -3.97. The van der Waals surface area contributed by atoms with Gasteiger partial charge in [0.2, 0.25) is 0 Å². The molecule has 3 atom stereocenters. The van der Waals surface area contributed by atoms with Crippen LogP contribution in [0.25, 0.3) is 0 Å². The Kier molecular flexibility index (Phi) is 8.38. The topological polar surface area (TPSA) is 51.2 Å². The molecular weight excluding hydrogens is 524 g/mol. The van der Waals surface area contributed by atoms with Crippen LogP contribution in [0.2, 0.25) is 0 Å². The Labute approximate surface area is 248 Å². The number of rotatable bonds is 10. The Morgan fingerprint density at radius 1 is 0.690 bits per heavy atom. The predicted octanol–water partition coefficient (Wildman–Crippen LogP) is 6.00. The third-order valence-corrected chi connectivity index (χ3v) is 8.73. The first-order valence-electron chi connectivity index (χ1n) is 14.7. The minimum absolute atomic E-state index is 0.166. The van der Waals surface area contributed by atoms with Gasteiger partial charge >= 0.3 is 5.97 Å². The molecule has 6 nitrogen and oxygen atoms in total. The summed E-state index contributed by atoms with van der Waals surface area (Å²) in [5.41, 5.74) is 3.61. The summed E-state index contributed by atoms with van der Waals surface area (Å²) in [6.45, 7) is 3.23. The quantitative estimate of drug-likeness (QED) is 0.221. The van der Waals surface area contributed by atoms with Gasteiger partial charge in [0, 0.05) is 38.9 Å². The van der Waals surface area contributed by atoms with Crippen molar-refractivity contribution in [3.05, 3.63) is 138 Å². The van der Waals surface area contributed by atoms with Crippen molar-refractivity contribution in [1.82, 2.24) is 9.80 Å². The number of esters is 1.